The number of nitrogens with zero attached hydrogens (tertiary/aromatic N) is 2. The summed E-state index contributed by atoms with van der Waals surface area (Å²) >= 11 is 1.65. The standard InChI is InChI=1S/C30H29N3O5S2/c1-19-13-14-22(40(36,37)33(2)3)17-26(19)31-27(34)18-38-30(35)28-23-10-4-5-12-25(23)32-29-20(8-6-11-24(28)29)16-21-9-7-15-39-21/h4-5,7,9-10,12-17H,6,8,11,18H2,1-3H3,(H,31,34)/b20-16-. The van der Waals surface area contributed by atoms with Crippen LogP contribution in [0.15, 0.2) is 64.9 Å². The monoisotopic (exact) mass is 575 g/mol. The molecule has 0 spiro atoms. The van der Waals surface area contributed by atoms with Crippen LogP contribution in [-0.4, -0.2) is 50.3 Å². The van der Waals surface area contributed by atoms with Crippen LogP contribution in [0.5, 0.6) is 0 Å². The highest BCUT2D eigenvalue weighted by Gasteiger charge is 2.27. The number of benzene rings is 2. The van der Waals surface area contributed by atoms with Gasteiger partial charge in [-0.3, -0.25) is 4.79 Å². The number of aryl methyl sites for hydroxylation is 1. The number of pyridine rings is 1. The molecule has 10 heteroatoms. The van der Waals surface area contributed by atoms with Gasteiger partial charge in [0.1, 0.15) is 0 Å². The Morgan fingerprint density at radius 2 is 1.90 bits per heavy atom. The van der Waals surface area contributed by atoms with Crippen molar-refractivity contribution in [2.75, 3.05) is 26.0 Å². The van der Waals surface area contributed by atoms with Crippen LogP contribution in [0.2, 0.25) is 0 Å². The number of thiophene rings is 1. The molecule has 0 aliphatic heterocycles. The van der Waals surface area contributed by atoms with Gasteiger partial charge in [0.2, 0.25) is 10.0 Å². The molecule has 2 aromatic heterocycles. The first-order chi connectivity index (χ1) is 19.1. The Hall–Kier alpha value is -3.86. The number of ether oxygens (including phenoxy) is 1. The average Bonchev–Trinajstić information content (AvgIpc) is 3.45. The van der Waals surface area contributed by atoms with Gasteiger partial charge in [0.25, 0.3) is 5.91 Å². The molecule has 0 radical (unpaired) electrons. The Bertz CT molecular complexity index is 1740. The number of fused-ring (bicyclic) bond motifs is 2. The highest BCUT2D eigenvalue weighted by molar-refractivity contribution is 7.89. The number of rotatable bonds is 7. The number of carbonyl (C=O) groups excluding carboxylic acids is 2. The Morgan fingerprint density at radius 1 is 1.10 bits per heavy atom. The lowest BCUT2D eigenvalue weighted by atomic mass is 9.86. The van der Waals surface area contributed by atoms with Crippen molar-refractivity contribution in [1.82, 2.24) is 9.29 Å². The third-order valence-electron chi connectivity index (χ3n) is 6.83. The fourth-order valence-electron chi connectivity index (χ4n) is 4.75. The fourth-order valence-corrected chi connectivity index (χ4v) is 6.36. The predicted molar refractivity (Wildman–Crippen MR) is 158 cm³/mol. The van der Waals surface area contributed by atoms with E-state index in [1.807, 2.05) is 41.8 Å². The normalized spacial score (nSPS) is 14.3. The van der Waals surface area contributed by atoms with Gasteiger partial charge in [0.05, 0.1) is 21.7 Å². The highest BCUT2D eigenvalue weighted by atomic mass is 32.2. The van der Waals surface area contributed by atoms with Crippen LogP contribution in [0.25, 0.3) is 22.6 Å². The smallest absolute Gasteiger partial charge is 0.339 e. The zero-order valence-electron chi connectivity index (χ0n) is 22.4. The van der Waals surface area contributed by atoms with Crippen molar-refractivity contribution in [1.29, 1.82) is 0 Å². The van der Waals surface area contributed by atoms with Gasteiger partial charge in [0.15, 0.2) is 6.61 Å². The predicted octanol–water partition coefficient (Wildman–Crippen LogP) is 5.53. The molecular weight excluding hydrogens is 546 g/mol. The molecule has 1 aliphatic rings. The van der Waals surface area contributed by atoms with Crippen LogP contribution in [-0.2, 0) is 26.0 Å². The van der Waals surface area contributed by atoms with Gasteiger partial charge in [0, 0.05) is 30.0 Å². The second kappa shape index (κ2) is 11.3. The zero-order chi connectivity index (χ0) is 28.4. The molecule has 0 saturated carbocycles. The number of esters is 1. The number of hydrogen-bond acceptors (Lipinski definition) is 7. The molecule has 2 aromatic carbocycles. The van der Waals surface area contributed by atoms with Gasteiger partial charge in [-0.15, -0.1) is 11.3 Å². The highest BCUT2D eigenvalue weighted by Crippen LogP contribution is 2.37. The maximum Gasteiger partial charge on any atom is 0.339 e. The van der Waals surface area contributed by atoms with Crippen LogP contribution in [0.3, 0.4) is 0 Å². The van der Waals surface area contributed by atoms with Crippen molar-refractivity contribution in [3.05, 3.63) is 87.2 Å². The van der Waals surface area contributed by atoms with Crippen molar-refractivity contribution < 1.29 is 22.7 Å². The van der Waals surface area contributed by atoms with E-state index in [0.717, 1.165) is 38.9 Å². The van der Waals surface area contributed by atoms with E-state index >= 15 is 0 Å². The van der Waals surface area contributed by atoms with E-state index in [2.05, 4.69) is 11.4 Å². The van der Waals surface area contributed by atoms with E-state index in [4.69, 9.17) is 9.72 Å². The molecule has 2 heterocycles. The van der Waals surface area contributed by atoms with Crippen LogP contribution in [0, 0.1) is 6.92 Å². The van der Waals surface area contributed by atoms with E-state index < -0.39 is 28.5 Å². The third-order valence-corrected chi connectivity index (χ3v) is 9.46. The quantitative estimate of drug-likeness (QED) is 0.291. The molecule has 1 amide bonds. The molecule has 0 atom stereocenters. The summed E-state index contributed by atoms with van der Waals surface area (Å²) < 4.78 is 31.7. The molecule has 40 heavy (non-hydrogen) atoms. The van der Waals surface area contributed by atoms with E-state index in [1.54, 1.807) is 24.3 Å². The average molecular weight is 576 g/mol. The van der Waals surface area contributed by atoms with E-state index in [1.165, 1.54) is 26.2 Å². The summed E-state index contributed by atoms with van der Waals surface area (Å²) in [5, 5.41) is 5.39. The Morgan fingerprint density at radius 3 is 2.65 bits per heavy atom. The zero-order valence-corrected chi connectivity index (χ0v) is 24.1. The molecule has 8 nitrogen and oxygen atoms in total. The first-order valence-electron chi connectivity index (χ1n) is 12.8. The van der Waals surface area contributed by atoms with Crippen LogP contribution >= 0.6 is 11.3 Å². The minimum Gasteiger partial charge on any atom is -0.452 e. The summed E-state index contributed by atoms with van der Waals surface area (Å²) in [5.41, 5.74) is 4.83. The van der Waals surface area contributed by atoms with Crippen LogP contribution < -0.4 is 5.32 Å². The van der Waals surface area contributed by atoms with Gasteiger partial charge in [-0.25, -0.2) is 22.5 Å². The summed E-state index contributed by atoms with van der Waals surface area (Å²) in [6.07, 6.45) is 4.53. The summed E-state index contributed by atoms with van der Waals surface area (Å²) in [4.78, 5) is 32.4. The van der Waals surface area contributed by atoms with Crippen molar-refractivity contribution in [2.24, 2.45) is 0 Å². The third kappa shape index (κ3) is 5.56. The van der Waals surface area contributed by atoms with Gasteiger partial charge >= 0.3 is 5.97 Å². The van der Waals surface area contributed by atoms with Crippen molar-refractivity contribution in [2.45, 2.75) is 31.1 Å². The molecule has 0 bridgehead atoms. The largest absolute Gasteiger partial charge is 0.452 e. The van der Waals surface area contributed by atoms with Gasteiger partial charge < -0.3 is 10.1 Å². The van der Waals surface area contributed by atoms with Crippen LogP contribution in [0.1, 0.15) is 44.9 Å². The number of hydrogen-bond donors (Lipinski definition) is 1. The summed E-state index contributed by atoms with van der Waals surface area (Å²) in [7, 11) is -0.798. The van der Waals surface area contributed by atoms with Crippen molar-refractivity contribution in [3.8, 4) is 0 Å². The maximum absolute atomic E-state index is 13.5. The van der Waals surface area contributed by atoms with E-state index in [-0.39, 0.29) is 4.90 Å². The molecule has 1 N–H and O–H groups in total. The Kier molecular flexibility index (Phi) is 7.84. The molecule has 4 aromatic rings. The fraction of sp³-hybridized carbons (Fsp3) is 0.233. The van der Waals surface area contributed by atoms with Gasteiger partial charge in [-0.2, -0.15) is 0 Å². The molecule has 1 aliphatic carbocycles. The summed E-state index contributed by atoms with van der Waals surface area (Å²) in [6, 6.07) is 16.0. The molecule has 206 valence electrons. The van der Waals surface area contributed by atoms with Crippen LogP contribution in [0.4, 0.5) is 5.69 Å². The lowest BCUT2D eigenvalue weighted by Gasteiger charge is -2.22. The topological polar surface area (TPSA) is 106 Å². The molecule has 0 unspecified atom stereocenters. The lowest BCUT2D eigenvalue weighted by Crippen LogP contribution is -2.24. The number of sulfonamides is 1. The SMILES string of the molecule is Cc1ccc(S(=O)(=O)N(C)C)cc1NC(=O)COC(=O)c1c2c(nc3ccccc13)/C(=C\c1cccs1)CCC2. The number of carbonyl (C=O) groups is 2. The minimum absolute atomic E-state index is 0.0525. The first-order valence-corrected chi connectivity index (χ1v) is 15.1. The Labute approximate surface area is 237 Å². The maximum atomic E-state index is 13.5. The molecule has 5 rings (SSSR count). The molecule has 0 saturated heterocycles. The van der Waals surface area contributed by atoms with E-state index in [9.17, 15) is 18.0 Å². The number of anilines is 1. The Balaban J connectivity index is 1.41. The number of aromatic nitrogens is 1. The summed E-state index contributed by atoms with van der Waals surface area (Å²) in [5.74, 6) is -1.16. The molecule has 0 fully saturated rings. The lowest BCUT2D eigenvalue weighted by molar-refractivity contribution is -0.119. The number of amides is 1. The second-order valence-corrected chi connectivity index (χ2v) is 12.9. The molecular formula is C30H29N3O5S2. The van der Waals surface area contributed by atoms with Crippen molar-refractivity contribution >= 4 is 61.5 Å². The second-order valence-electron chi connectivity index (χ2n) is 9.76. The minimum atomic E-state index is -3.68. The van der Waals surface area contributed by atoms with E-state index in [0.29, 0.717) is 34.1 Å². The number of allylic oxidation sites excluding steroid dienone is 1. The van der Waals surface area contributed by atoms with Crippen molar-refractivity contribution in [3.63, 3.8) is 0 Å². The number of nitrogens with one attached hydrogen (secondary N) is 1. The van der Waals surface area contributed by atoms with Gasteiger partial charge in [-0.05, 0) is 78.6 Å². The van der Waals surface area contributed by atoms with Gasteiger partial charge in [-0.1, -0.05) is 30.3 Å². The number of para-hydroxylation sites is 1. The first kappa shape index (κ1) is 27.7. The summed E-state index contributed by atoms with van der Waals surface area (Å²) in [6.45, 7) is 1.23.